The fourth-order valence-electron chi connectivity index (χ4n) is 2.36. The monoisotopic (exact) mass is 257 g/mol. The third-order valence-electron chi connectivity index (χ3n) is 3.23. The SMILES string of the molecule is COc1ccc2cc3c(nc2c1)N(NC(C)=O)CC3. The van der Waals surface area contributed by atoms with Crippen LogP contribution in [0.25, 0.3) is 10.9 Å². The summed E-state index contributed by atoms with van der Waals surface area (Å²) >= 11 is 0. The molecule has 0 bridgehead atoms. The molecule has 2 heterocycles. The Labute approximate surface area is 111 Å². The Hall–Kier alpha value is -2.30. The molecule has 2 aromatic rings. The lowest BCUT2D eigenvalue weighted by molar-refractivity contribution is -0.119. The van der Waals surface area contributed by atoms with Crippen LogP contribution in [0.2, 0.25) is 0 Å². The highest BCUT2D eigenvalue weighted by Gasteiger charge is 2.22. The number of nitrogens with zero attached hydrogens (tertiary/aromatic N) is 2. The lowest BCUT2D eigenvalue weighted by atomic mass is 10.1. The van der Waals surface area contributed by atoms with Crippen LogP contribution in [0.15, 0.2) is 24.3 Å². The Morgan fingerprint density at radius 2 is 2.26 bits per heavy atom. The first-order valence-electron chi connectivity index (χ1n) is 6.20. The van der Waals surface area contributed by atoms with Crippen LogP contribution in [0.1, 0.15) is 12.5 Å². The van der Waals surface area contributed by atoms with Crippen molar-refractivity contribution in [3.63, 3.8) is 0 Å². The van der Waals surface area contributed by atoms with Crippen molar-refractivity contribution in [3.05, 3.63) is 29.8 Å². The number of rotatable bonds is 2. The quantitative estimate of drug-likeness (QED) is 0.889. The number of methoxy groups -OCH3 is 1. The summed E-state index contributed by atoms with van der Waals surface area (Å²) in [5, 5.41) is 2.89. The standard InChI is InChI=1S/C14H15N3O2/c1-9(18)16-17-6-5-11-7-10-3-4-12(19-2)8-13(10)15-14(11)17/h3-4,7-8H,5-6H2,1-2H3,(H,16,18). The number of ether oxygens (including phenoxy) is 1. The van der Waals surface area contributed by atoms with Crippen LogP contribution in [0.5, 0.6) is 5.75 Å². The number of hydrogen-bond donors (Lipinski definition) is 1. The van der Waals surface area contributed by atoms with Gasteiger partial charge in [0.05, 0.1) is 12.6 Å². The number of fused-ring (bicyclic) bond motifs is 2. The van der Waals surface area contributed by atoms with Gasteiger partial charge in [0.15, 0.2) is 5.82 Å². The van der Waals surface area contributed by atoms with E-state index in [9.17, 15) is 4.79 Å². The van der Waals surface area contributed by atoms with Crippen molar-refractivity contribution in [3.8, 4) is 5.75 Å². The summed E-state index contributed by atoms with van der Waals surface area (Å²) in [6, 6.07) is 7.96. The fraction of sp³-hybridized carbons (Fsp3) is 0.286. The number of anilines is 1. The van der Waals surface area contributed by atoms with E-state index < -0.39 is 0 Å². The molecular formula is C14H15N3O2. The summed E-state index contributed by atoms with van der Waals surface area (Å²) in [6.45, 7) is 2.26. The van der Waals surface area contributed by atoms with E-state index in [1.165, 1.54) is 6.92 Å². The zero-order valence-corrected chi connectivity index (χ0v) is 10.9. The number of benzene rings is 1. The first-order valence-corrected chi connectivity index (χ1v) is 6.20. The molecule has 1 aromatic heterocycles. The molecular weight excluding hydrogens is 242 g/mol. The lowest BCUT2D eigenvalue weighted by Gasteiger charge is -2.18. The minimum absolute atomic E-state index is 0.0830. The van der Waals surface area contributed by atoms with E-state index in [1.54, 1.807) is 12.1 Å². The van der Waals surface area contributed by atoms with Gasteiger partial charge in [-0.1, -0.05) is 0 Å². The normalized spacial score (nSPS) is 13.5. The molecule has 0 fully saturated rings. The Bertz CT molecular complexity index is 654. The number of hydrazine groups is 1. The number of carbonyl (C=O) groups is 1. The van der Waals surface area contributed by atoms with E-state index in [4.69, 9.17) is 4.74 Å². The van der Waals surface area contributed by atoms with Crippen molar-refractivity contribution in [1.29, 1.82) is 0 Å². The molecule has 0 atom stereocenters. The maximum atomic E-state index is 11.2. The molecule has 0 saturated carbocycles. The van der Waals surface area contributed by atoms with Crippen molar-refractivity contribution >= 4 is 22.6 Å². The molecule has 3 rings (SSSR count). The number of aromatic nitrogens is 1. The van der Waals surface area contributed by atoms with Crippen LogP contribution in [0.3, 0.4) is 0 Å². The van der Waals surface area contributed by atoms with Crippen molar-refractivity contribution in [2.75, 3.05) is 18.7 Å². The average Bonchev–Trinajstić information content (AvgIpc) is 2.77. The average molecular weight is 257 g/mol. The van der Waals surface area contributed by atoms with Gasteiger partial charge in [-0.15, -0.1) is 0 Å². The van der Waals surface area contributed by atoms with E-state index >= 15 is 0 Å². The second-order valence-corrected chi connectivity index (χ2v) is 4.60. The third-order valence-corrected chi connectivity index (χ3v) is 3.23. The van der Waals surface area contributed by atoms with E-state index in [0.29, 0.717) is 0 Å². The molecule has 98 valence electrons. The molecule has 5 heteroatoms. The smallest absolute Gasteiger partial charge is 0.235 e. The van der Waals surface area contributed by atoms with Crippen LogP contribution < -0.4 is 15.2 Å². The van der Waals surface area contributed by atoms with Crippen LogP contribution in [0.4, 0.5) is 5.82 Å². The number of amides is 1. The highest BCUT2D eigenvalue weighted by atomic mass is 16.5. The second-order valence-electron chi connectivity index (χ2n) is 4.60. The molecule has 1 amide bonds. The summed E-state index contributed by atoms with van der Waals surface area (Å²) in [4.78, 5) is 15.8. The van der Waals surface area contributed by atoms with Gasteiger partial charge in [-0.2, -0.15) is 0 Å². The molecule has 1 aliphatic heterocycles. The molecule has 19 heavy (non-hydrogen) atoms. The first kappa shape index (κ1) is 11.8. The van der Waals surface area contributed by atoms with Gasteiger partial charge in [-0.05, 0) is 30.2 Å². The zero-order chi connectivity index (χ0) is 13.4. The molecule has 0 saturated heterocycles. The Balaban J connectivity index is 2.07. The second kappa shape index (κ2) is 4.42. The Morgan fingerprint density at radius 1 is 1.42 bits per heavy atom. The minimum Gasteiger partial charge on any atom is -0.497 e. The van der Waals surface area contributed by atoms with E-state index in [1.807, 2.05) is 18.2 Å². The lowest BCUT2D eigenvalue weighted by Crippen LogP contribution is -2.40. The Morgan fingerprint density at radius 3 is 3.00 bits per heavy atom. The largest absolute Gasteiger partial charge is 0.497 e. The molecule has 1 N–H and O–H groups in total. The molecule has 0 radical (unpaired) electrons. The van der Waals surface area contributed by atoms with E-state index in [-0.39, 0.29) is 5.91 Å². The maximum absolute atomic E-state index is 11.2. The van der Waals surface area contributed by atoms with Gasteiger partial charge in [-0.3, -0.25) is 15.2 Å². The van der Waals surface area contributed by atoms with Gasteiger partial charge in [0, 0.05) is 24.9 Å². The first-order chi connectivity index (χ1) is 9.17. The van der Waals surface area contributed by atoms with E-state index in [0.717, 1.165) is 41.0 Å². The molecule has 0 aliphatic carbocycles. The number of carbonyl (C=O) groups excluding carboxylic acids is 1. The van der Waals surface area contributed by atoms with Crippen molar-refractivity contribution in [2.24, 2.45) is 0 Å². The van der Waals surface area contributed by atoms with Gasteiger partial charge in [0.25, 0.3) is 0 Å². The van der Waals surface area contributed by atoms with Crippen LogP contribution in [-0.4, -0.2) is 24.5 Å². The summed E-state index contributed by atoms with van der Waals surface area (Å²) in [5.74, 6) is 1.53. The molecule has 1 aromatic carbocycles. The Kier molecular flexibility index (Phi) is 2.74. The number of hydrogen-bond acceptors (Lipinski definition) is 4. The van der Waals surface area contributed by atoms with Gasteiger partial charge in [0.1, 0.15) is 5.75 Å². The summed E-state index contributed by atoms with van der Waals surface area (Å²) in [7, 11) is 1.64. The van der Waals surface area contributed by atoms with Crippen molar-refractivity contribution in [1.82, 2.24) is 10.4 Å². The van der Waals surface area contributed by atoms with Gasteiger partial charge in [0.2, 0.25) is 5.91 Å². The minimum atomic E-state index is -0.0830. The number of nitrogens with one attached hydrogen (secondary N) is 1. The molecule has 0 spiro atoms. The zero-order valence-electron chi connectivity index (χ0n) is 10.9. The summed E-state index contributed by atoms with van der Waals surface area (Å²) in [6.07, 6.45) is 0.893. The van der Waals surface area contributed by atoms with Crippen LogP contribution in [-0.2, 0) is 11.2 Å². The molecule has 5 nitrogen and oxygen atoms in total. The van der Waals surface area contributed by atoms with Gasteiger partial charge >= 0.3 is 0 Å². The predicted octanol–water partition coefficient (Wildman–Crippen LogP) is 1.66. The van der Waals surface area contributed by atoms with Crippen LogP contribution in [0, 0.1) is 0 Å². The molecule has 1 aliphatic rings. The fourth-order valence-corrected chi connectivity index (χ4v) is 2.36. The van der Waals surface area contributed by atoms with Crippen LogP contribution >= 0.6 is 0 Å². The van der Waals surface area contributed by atoms with Gasteiger partial charge < -0.3 is 4.74 Å². The van der Waals surface area contributed by atoms with Gasteiger partial charge in [-0.25, -0.2) is 4.98 Å². The highest BCUT2D eigenvalue weighted by Crippen LogP contribution is 2.29. The highest BCUT2D eigenvalue weighted by molar-refractivity contribution is 5.84. The van der Waals surface area contributed by atoms with Crippen molar-refractivity contribution in [2.45, 2.75) is 13.3 Å². The molecule has 0 unspecified atom stereocenters. The topological polar surface area (TPSA) is 54.5 Å². The summed E-state index contributed by atoms with van der Waals surface area (Å²) in [5.41, 5.74) is 4.82. The maximum Gasteiger partial charge on any atom is 0.235 e. The predicted molar refractivity (Wildman–Crippen MR) is 73.2 cm³/mol. The van der Waals surface area contributed by atoms with Crippen molar-refractivity contribution < 1.29 is 9.53 Å². The van der Waals surface area contributed by atoms with E-state index in [2.05, 4.69) is 16.5 Å². The third kappa shape index (κ3) is 2.07. The number of pyridine rings is 1. The summed E-state index contributed by atoms with van der Waals surface area (Å²) < 4.78 is 5.21.